The van der Waals surface area contributed by atoms with Gasteiger partial charge in [-0.1, -0.05) is 60.7 Å². The summed E-state index contributed by atoms with van der Waals surface area (Å²) in [4.78, 5) is 22.9. The van der Waals surface area contributed by atoms with Gasteiger partial charge in [-0.05, 0) is 23.3 Å². The molecule has 0 radical (unpaired) electrons. The fourth-order valence-electron chi connectivity index (χ4n) is 1.94. The van der Waals surface area contributed by atoms with Crippen LogP contribution in [-0.2, 0) is 9.59 Å². The molecular weight excluding hydrogens is 280 g/mol. The molecule has 0 aliphatic rings. The van der Waals surface area contributed by atoms with Crippen molar-refractivity contribution < 1.29 is 19.8 Å². The maximum atomic E-state index is 11.5. The van der Waals surface area contributed by atoms with E-state index in [1.165, 1.54) is 12.2 Å². The van der Waals surface area contributed by atoms with Crippen LogP contribution in [0.15, 0.2) is 71.8 Å². The molecule has 2 aromatic rings. The van der Waals surface area contributed by atoms with E-state index in [0.717, 1.165) is 0 Å². The van der Waals surface area contributed by atoms with E-state index in [1.54, 1.807) is 60.7 Å². The lowest BCUT2D eigenvalue weighted by atomic mass is 10.0. The lowest BCUT2D eigenvalue weighted by Gasteiger charge is -2.05. The van der Waals surface area contributed by atoms with Crippen molar-refractivity contribution in [2.45, 2.75) is 0 Å². The molecule has 0 spiro atoms. The zero-order valence-corrected chi connectivity index (χ0v) is 11.6. The van der Waals surface area contributed by atoms with Gasteiger partial charge in [0.15, 0.2) is 0 Å². The average molecular weight is 294 g/mol. The van der Waals surface area contributed by atoms with E-state index in [0.29, 0.717) is 11.1 Å². The lowest BCUT2D eigenvalue weighted by Crippen LogP contribution is -2.11. The van der Waals surface area contributed by atoms with E-state index < -0.39 is 11.9 Å². The Labute approximate surface area is 127 Å². The van der Waals surface area contributed by atoms with Gasteiger partial charge in [-0.25, -0.2) is 9.59 Å². The molecule has 0 aromatic heterocycles. The van der Waals surface area contributed by atoms with Crippen LogP contribution in [-0.4, -0.2) is 22.2 Å². The number of carboxylic acid groups (broad SMARTS) is 2. The molecule has 0 fully saturated rings. The normalized spacial score (nSPS) is 12.0. The Kier molecular flexibility index (Phi) is 4.88. The SMILES string of the molecule is O=C(O)C(=C\c1ccccc1)/C(=C/c1ccccc1)C(=O)O. The fourth-order valence-corrected chi connectivity index (χ4v) is 1.94. The van der Waals surface area contributed by atoms with E-state index >= 15 is 0 Å². The first-order chi connectivity index (χ1) is 10.6. The average Bonchev–Trinajstić information content (AvgIpc) is 2.52. The zero-order valence-electron chi connectivity index (χ0n) is 11.6. The molecule has 0 saturated heterocycles. The summed E-state index contributed by atoms with van der Waals surface area (Å²) in [6, 6.07) is 17.5. The van der Waals surface area contributed by atoms with Crippen LogP contribution < -0.4 is 0 Å². The van der Waals surface area contributed by atoms with Gasteiger partial charge in [0.05, 0.1) is 11.1 Å². The van der Waals surface area contributed by atoms with Crippen molar-refractivity contribution in [3.05, 3.63) is 82.9 Å². The minimum atomic E-state index is -1.28. The van der Waals surface area contributed by atoms with Gasteiger partial charge in [0.25, 0.3) is 0 Å². The van der Waals surface area contributed by atoms with Gasteiger partial charge in [0.2, 0.25) is 0 Å². The minimum absolute atomic E-state index is 0.262. The molecule has 4 nitrogen and oxygen atoms in total. The van der Waals surface area contributed by atoms with Gasteiger partial charge >= 0.3 is 11.9 Å². The number of rotatable bonds is 5. The van der Waals surface area contributed by atoms with Crippen LogP contribution in [0.4, 0.5) is 0 Å². The van der Waals surface area contributed by atoms with Crippen LogP contribution in [0, 0.1) is 0 Å². The Bertz CT molecular complexity index is 663. The summed E-state index contributed by atoms with van der Waals surface area (Å²) in [5, 5.41) is 18.7. The van der Waals surface area contributed by atoms with Crippen LogP contribution in [0.25, 0.3) is 12.2 Å². The first kappa shape index (κ1) is 15.3. The van der Waals surface area contributed by atoms with Crippen LogP contribution >= 0.6 is 0 Å². The maximum Gasteiger partial charge on any atom is 0.336 e. The van der Waals surface area contributed by atoms with E-state index in [9.17, 15) is 19.8 Å². The molecule has 4 heteroatoms. The van der Waals surface area contributed by atoms with Crippen LogP contribution in [0.2, 0.25) is 0 Å². The van der Waals surface area contributed by atoms with Gasteiger partial charge in [0.1, 0.15) is 0 Å². The second-order valence-corrected chi connectivity index (χ2v) is 4.55. The minimum Gasteiger partial charge on any atom is -0.478 e. The summed E-state index contributed by atoms with van der Waals surface area (Å²) in [5.41, 5.74) is 0.727. The molecule has 0 heterocycles. The molecule has 0 aliphatic heterocycles. The Morgan fingerprint density at radius 2 is 0.955 bits per heavy atom. The van der Waals surface area contributed by atoms with Crippen LogP contribution in [0.3, 0.4) is 0 Å². The molecule has 2 rings (SSSR count). The molecule has 2 N–H and O–H groups in total. The highest BCUT2D eigenvalue weighted by Crippen LogP contribution is 2.19. The van der Waals surface area contributed by atoms with Crippen LogP contribution in [0.5, 0.6) is 0 Å². The number of carboxylic acids is 2. The van der Waals surface area contributed by atoms with Crippen molar-refractivity contribution in [2.75, 3.05) is 0 Å². The second-order valence-electron chi connectivity index (χ2n) is 4.55. The number of benzene rings is 2. The highest BCUT2D eigenvalue weighted by molar-refractivity contribution is 6.11. The van der Waals surface area contributed by atoms with Crippen molar-refractivity contribution in [1.29, 1.82) is 0 Å². The third-order valence-corrected chi connectivity index (χ3v) is 2.97. The molecule has 0 atom stereocenters. The number of hydrogen-bond donors (Lipinski definition) is 2. The number of aliphatic carboxylic acids is 2. The van der Waals surface area contributed by atoms with Gasteiger partial charge in [0, 0.05) is 0 Å². The highest BCUT2D eigenvalue weighted by atomic mass is 16.4. The monoisotopic (exact) mass is 294 g/mol. The summed E-state index contributed by atoms with van der Waals surface area (Å²) in [6.45, 7) is 0. The van der Waals surface area contributed by atoms with Crippen LogP contribution in [0.1, 0.15) is 11.1 Å². The van der Waals surface area contributed by atoms with Crippen molar-refractivity contribution in [3.8, 4) is 0 Å². The van der Waals surface area contributed by atoms with E-state index in [1.807, 2.05) is 0 Å². The van der Waals surface area contributed by atoms with Crippen molar-refractivity contribution in [3.63, 3.8) is 0 Å². The predicted octanol–water partition coefficient (Wildman–Crippen LogP) is 3.32. The molecule has 0 unspecified atom stereocenters. The second kappa shape index (κ2) is 7.04. The smallest absolute Gasteiger partial charge is 0.336 e. The van der Waals surface area contributed by atoms with Crippen molar-refractivity contribution >= 4 is 24.1 Å². The molecule has 2 aromatic carbocycles. The van der Waals surface area contributed by atoms with Gasteiger partial charge in [-0.15, -0.1) is 0 Å². The first-order valence-corrected chi connectivity index (χ1v) is 6.58. The quantitative estimate of drug-likeness (QED) is 0.655. The van der Waals surface area contributed by atoms with E-state index in [2.05, 4.69) is 0 Å². The molecular formula is C18H14O4. The Balaban J connectivity index is 2.52. The molecule has 22 heavy (non-hydrogen) atoms. The largest absolute Gasteiger partial charge is 0.478 e. The summed E-state index contributed by atoms with van der Waals surface area (Å²) in [7, 11) is 0. The Morgan fingerprint density at radius 3 is 1.23 bits per heavy atom. The topological polar surface area (TPSA) is 74.6 Å². The summed E-state index contributed by atoms with van der Waals surface area (Å²) in [6.07, 6.45) is 2.70. The Hall–Kier alpha value is -3.14. The first-order valence-electron chi connectivity index (χ1n) is 6.58. The van der Waals surface area contributed by atoms with E-state index in [-0.39, 0.29) is 11.1 Å². The van der Waals surface area contributed by atoms with Gasteiger partial charge < -0.3 is 10.2 Å². The van der Waals surface area contributed by atoms with Gasteiger partial charge in [-0.2, -0.15) is 0 Å². The molecule has 110 valence electrons. The zero-order chi connectivity index (χ0) is 15.9. The summed E-state index contributed by atoms with van der Waals surface area (Å²) in [5.74, 6) is -2.57. The Morgan fingerprint density at radius 1 is 0.636 bits per heavy atom. The van der Waals surface area contributed by atoms with Crippen molar-refractivity contribution in [1.82, 2.24) is 0 Å². The molecule has 0 saturated carbocycles. The maximum absolute atomic E-state index is 11.5. The standard InChI is InChI=1S/C18H14O4/c19-17(20)15(11-13-7-3-1-4-8-13)16(18(21)22)12-14-9-5-2-6-10-14/h1-12H,(H,19,20)(H,21,22)/b15-11-,16-12-. The third-order valence-electron chi connectivity index (χ3n) is 2.97. The molecule has 0 aliphatic carbocycles. The van der Waals surface area contributed by atoms with Gasteiger partial charge in [-0.3, -0.25) is 0 Å². The highest BCUT2D eigenvalue weighted by Gasteiger charge is 2.19. The molecule has 0 amide bonds. The fraction of sp³-hybridized carbons (Fsp3) is 0. The van der Waals surface area contributed by atoms with E-state index in [4.69, 9.17) is 0 Å². The summed E-state index contributed by atoms with van der Waals surface area (Å²) >= 11 is 0. The number of hydrogen-bond acceptors (Lipinski definition) is 2. The number of carbonyl (C=O) groups is 2. The molecule has 0 bridgehead atoms. The summed E-state index contributed by atoms with van der Waals surface area (Å²) < 4.78 is 0. The third kappa shape index (κ3) is 3.93. The lowest BCUT2D eigenvalue weighted by molar-refractivity contribution is -0.136. The predicted molar refractivity (Wildman–Crippen MR) is 84.1 cm³/mol. The van der Waals surface area contributed by atoms with Crippen molar-refractivity contribution in [2.24, 2.45) is 0 Å².